The van der Waals surface area contributed by atoms with Gasteiger partial charge in [0.25, 0.3) is 0 Å². The van der Waals surface area contributed by atoms with E-state index >= 15 is 0 Å². The zero-order chi connectivity index (χ0) is 19.1. The third-order valence-corrected chi connectivity index (χ3v) is 5.22. The highest BCUT2D eigenvalue weighted by Crippen LogP contribution is 2.15. The van der Waals surface area contributed by atoms with Crippen LogP contribution in [0.4, 0.5) is 0 Å². The lowest BCUT2D eigenvalue weighted by Crippen LogP contribution is -2.45. The van der Waals surface area contributed by atoms with E-state index in [0.717, 1.165) is 49.4 Å². The summed E-state index contributed by atoms with van der Waals surface area (Å²) in [6.07, 6.45) is 5.04. The van der Waals surface area contributed by atoms with Crippen LogP contribution in [0, 0.1) is 6.92 Å². The number of furan rings is 1. The Kier molecular flexibility index (Phi) is 9.23. The maximum Gasteiger partial charge on any atom is 0.191 e. The molecule has 1 atom stereocenters. The Morgan fingerprint density at radius 3 is 2.89 bits per heavy atom. The number of likely N-dealkylation sites (tertiary alicyclic amines) is 1. The molecule has 2 aromatic heterocycles. The lowest BCUT2D eigenvalue weighted by Gasteiger charge is -2.24. The average Bonchev–Trinajstić information content (AvgIpc) is 3.41. The van der Waals surface area contributed by atoms with Crippen molar-refractivity contribution in [2.24, 2.45) is 12.0 Å². The molecule has 1 aliphatic heterocycles. The molecular weight excluding hydrogens is 469 g/mol. The summed E-state index contributed by atoms with van der Waals surface area (Å²) in [7, 11) is 1.97. The molecule has 2 N–H and O–H groups in total. The van der Waals surface area contributed by atoms with E-state index in [1.54, 1.807) is 6.26 Å². The van der Waals surface area contributed by atoms with Gasteiger partial charge in [-0.25, -0.2) is 4.99 Å². The van der Waals surface area contributed by atoms with Crippen LogP contribution in [0.2, 0.25) is 0 Å². The molecule has 3 heterocycles. The zero-order valence-corrected chi connectivity index (χ0v) is 19.3. The molecule has 1 unspecified atom stereocenters. The number of aromatic nitrogens is 3. The summed E-state index contributed by atoms with van der Waals surface area (Å²) in [6.45, 7) is 8.63. The van der Waals surface area contributed by atoms with E-state index in [0.29, 0.717) is 12.6 Å². The van der Waals surface area contributed by atoms with Crippen molar-refractivity contribution in [2.75, 3.05) is 26.2 Å². The number of likely N-dealkylation sites (N-methyl/N-ethyl adjacent to an activating group) is 1. The monoisotopic (exact) mass is 501 g/mol. The third kappa shape index (κ3) is 6.20. The van der Waals surface area contributed by atoms with Crippen LogP contribution in [0.3, 0.4) is 0 Å². The minimum Gasteiger partial charge on any atom is -0.469 e. The Hall–Kier alpha value is -1.62. The Balaban J connectivity index is 0.00000280. The highest BCUT2D eigenvalue weighted by atomic mass is 127. The van der Waals surface area contributed by atoms with Crippen LogP contribution in [-0.2, 0) is 20.0 Å². The first-order valence-electron chi connectivity index (χ1n) is 9.81. The van der Waals surface area contributed by atoms with Crippen molar-refractivity contribution in [3.8, 4) is 0 Å². The molecule has 9 heteroatoms. The first-order valence-corrected chi connectivity index (χ1v) is 9.81. The van der Waals surface area contributed by atoms with Gasteiger partial charge in [0.15, 0.2) is 11.8 Å². The van der Waals surface area contributed by atoms with E-state index in [1.807, 2.05) is 30.7 Å². The molecule has 28 heavy (non-hydrogen) atoms. The fraction of sp³-hybridized carbons (Fsp3) is 0.632. The van der Waals surface area contributed by atoms with Crippen LogP contribution >= 0.6 is 24.0 Å². The number of nitrogens with one attached hydrogen (secondary N) is 2. The Bertz CT molecular complexity index is 729. The van der Waals surface area contributed by atoms with Gasteiger partial charge in [-0.1, -0.05) is 6.92 Å². The van der Waals surface area contributed by atoms with Gasteiger partial charge in [-0.05, 0) is 45.0 Å². The van der Waals surface area contributed by atoms with E-state index < -0.39 is 0 Å². The van der Waals surface area contributed by atoms with Gasteiger partial charge in [0.05, 0.1) is 6.26 Å². The van der Waals surface area contributed by atoms with Crippen molar-refractivity contribution < 1.29 is 4.42 Å². The van der Waals surface area contributed by atoms with E-state index in [1.165, 1.54) is 19.4 Å². The maximum absolute atomic E-state index is 5.40. The molecular formula is C19H32IN7O. The Labute approximate surface area is 184 Å². The fourth-order valence-corrected chi connectivity index (χ4v) is 3.43. The number of guanidine groups is 1. The van der Waals surface area contributed by atoms with Crippen molar-refractivity contribution in [3.05, 3.63) is 35.8 Å². The van der Waals surface area contributed by atoms with Gasteiger partial charge in [0, 0.05) is 32.6 Å². The van der Waals surface area contributed by atoms with Crippen molar-refractivity contribution in [2.45, 2.75) is 45.7 Å². The minimum absolute atomic E-state index is 0. The number of halogens is 1. The highest BCUT2D eigenvalue weighted by Gasteiger charge is 2.22. The smallest absolute Gasteiger partial charge is 0.191 e. The van der Waals surface area contributed by atoms with Gasteiger partial charge in [-0.2, -0.15) is 0 Å². The molecule has 0 saturated carbocycles. The topological polar surface area (TPSA) is 83.5 Å². The van der Waals surface area contributed by atoms with Crippen LogP contribution in [0.5, 0.6) is 0 Å². The van der Waals surface area contributed by atoms with E-state index in [-0.39, 0.29) is 24.0 Å². The lowest BCUT2D eigenvalue weighted by atomic mass is 10.2. The largest absolute Gasteiger partial charge is 0.469 e. The van der Waals surface area contributed by atoms with Crippen LogP contribution in [0.25, 0.3) is 0 Å². The standard InChI is InChI=1S/C19H31N7O.HI/c1-4-26-11-5-7-16(26)13-21-19(20-10-9-17-8-6-12-27-17)22-14-18-24-23-15(2)25(18)3;/h6,8,12,16H,4-5,7,9-11,13-14H2,1-3H3,(H2,20,21,22);1H. The molecule has 2 aromatic rings. The van der Waals surface area contributed by atoms with Gasteiger partial charge in [-0.3, -0.25) is 4.90 Å². The predicted octanol–water partition coefficient (Wildman–Crippen LogP) is 2.10. The molecule has 0 amide bonds. The first-order chi connectivity index (χ1) is 13.2. The lowest BCUT2D eigenvalue weighted by molar-refractivity contribution is 0.267. The summed E-state index contributed by atoms with van der Waals surface area (Å²) in [4.78, 5) is 7.25. The third-order valence-electron chi connectivity index (χ3n) is 5.22. The van der Waals surface area contributed by atoms with Crippen molar-refractivity contribution in [1.29, 1.82) is 0 Å². The van der Waals surface area contributed by atoms with E-state index in [9.17, 15) is 0 Å². The molecule has 0 aromatic carbocycles. The summed E-state index contributed by atoms with van der Waals surface area (Å²) in [5.41, 5.74) is 0. The number of hydrogen-bond acceptors (Lipinski definition) is 5. The van der Waals surface area contributed by atoms with Crippen LogP contribution in [0.1, 0.15) is 37.2 Å². The molecule has 0 radical (unpaired) electrons. The number of hydrogen-bond donors (Lipinski definition) is 2. The maximum atomic E-state index is 5.40. The molecule has 0 bridgehead atoms. The van der Waals surface area contributed by atoms with Crippen LogP contribution in [0.15, 0.2) is 27.8 Å². The summed E-state index contributed by atoms with van der Waals surface area (Å²) in [5, 5.41) is 15.2. The number of nitrogens with zero attached hydrogens (tertiary/aromatic N) is 5. The second-order valence-corrected chi connectivity index (χ2v) is 6.95. The van der Waals surface area contributed by atoms with Gasteiger partial charge < -0.3 is 19.6 Å². The summed E-state index contributed by atoms with van der Waals surface area (Å²) < 4.78 is 7.38. The summed E-state index contributed by atoms with van der Waals surface area (Å²) in [5.74, 6) is 3.53. The Morgan fingerprint density at radius 1 is 1.36 bits per heavy atom. The van der Waals surface area contributed by atoms with Gasteiger partial charge in [0.1, 0.15) is 18.1 Å². The summed E-state index contributed by atoms with van der Waals surface area (Å²) >= 11 is 0. The molecule has 0 aliphatic carbocycles. The van der Waals surface area contributed by atoms with Crippen LogP contribution < -0.4 is 10.6 Å². The number of rotatable bonds is 8. The molecule has 1 saturated heterocycles. The number of aliphatic imine (C=N–C) groups is 1. The van der Waals surface area contributed by atoms with Crippen molar-refractivity contribution >= 4 is 29.9 Å². The molecule has 1 fully saturated rings. The molecule has 3 rings (SSSR count). The highest BCUT2D eigenvalue weighted by molar-refractivity contribution is 14.0. The van der Waals surface area contributed by atoms with E-state index in [4.69, 9.17) is 9.41 Å². The fourth-order valence-electron chi connectivity index (χ4n) is 3.43. The summed E-state index contributed by atoms with van der Waals surface area (Å²) in [6, 6.07) is 4.48. The van der Waals surface area contributed by atoms with Crippen molar-refractivity contribution in [3.63, 3.8) is 0 Å². The second kappa shape index (κ2) is 11.4. The molecule has 1 aliphatic rings. The van der Waals surface area contributed by atoms with Crippen LogP contribution in [-0.4, -0.2) is 57.8 Å². The normalized spacial score (nSPS) is 17.5. The van der Waals surface area contributed by atoms with Gasteiger partial charge >= 0.3 is 0 Å². The second-order valence-electron chi connectivity index (χ2n) is 6.95. The predicted molar refractivity (Wildman–Crippen MR) is 121 cm³/mol. The minimum atomic E-state index is 0. The quantitative estimate of drug-likeness (QED) is 0.328. The number of aryl methyl sites for hydroxylation is 1. The van der Waals surface area contributed by atoms with Crippen molar-refractivity contribution in [1.82, 2.24) is 30.3 Å². The van der Waals surface area contributed by atoms with Gasteiger partial charge in [0.2, 0.25) is 0 Å². The van der Waals surface area contributed by atoms with Gasteiger partial charge in [-0.15, -0.1) is 34.2 Å². The first kappa shape index (κ1) is 22.7. The zero-order valence-electron chi connectivity index (χ0n) is 17.0. The average molecular weight is 501 g/mol. The SMILES string of the molecule is CCN1CCCC1CNC(=NCc1nnc(C)n1C)NCCc1ccco1.I. The Morgan fingerprint density at radius 2 is 2.21 bits per heavy atom. The molecule has 0 spiro atoms. The molecule has 8 nitrogen and oxygen atoms in total. The molecule has 156 valence electrons. The van der Waals surface area contributed by atoms with E-state index in [2.05, 4.69) is 32.7 Å².